The third-order valence-corrected chi connectivity index (χ3v) is 4.32. The van der Waals surface area contributed by atoms with Gasteiger partial charge in [0.05, 0.1) is 6.61 Å². The van der Waals surface area contributed by atoms with Gasteiger partial charge in [-0.1, -0.05) is 24.4 Å². The molecule has 0 saturated heterocycles. The number of oxime groups is 1. The van der Waals surface area contributed by atoms with Crippen LogP contribution in [0.15, 0.2) is 5.16 Å². The van der Waals surface area contributed by atoms with Crippen molar-refractivity contribution in [1.82, 2.24) is 5.32 Å². The number of amides is 1. The van der Waals surface area contributed by atoms with E-state index >= 15 is 0 Å². The molecule has 0 heterocycles. The van der Waals surface area contributed by atoms with Gasteiger partial charge in [0, 0.05) is 13.2 Å². The molecule has 0 aromatic carbocycles. The highest BCUT2D eigenvalue weighted by Gasteiger charge is 2.43. The molecule has 2 fully saturated rings. The first-order valence-corrected chi connectivity index (χ1v) is 7.53. The molecule has 6 heteroatoms. The summed E-state index contributed by atoms with van der Waals surface area (Å²) in [5.41, 5.74) is 4.94. The lowest BCUT2D eigenvalue weighted by Crippen LogP contribution is -2.51. The summed E-state index contributed by atoms with van der Waals surface area (Å²) < 4.78 is 5.49. The van der Waals surface area contributed by atoms with Crippen LogP contribution in [0.3, 0.4) is 0 Å². The van der Waals surface area contributed by atoms with Crippen LogP contribution in [0, 0.1) is 11.3 Å². The van der Waals surface area contributed by atoms with E-state index in [1.165, 1.54) is 12.8 Å². The zero-order valence-corrected chi connectivity index (χ0v) is 11.9. The minimum absolute atomic E-state index is 0.0357. The largest absolute Gasteiger partial charge is 0.409 e. The molecule has 1 amide bonds. The number of ether oxygens (including phenoxy) is 1. The maximum atomic E-state index is 12.4. The molecule has 2 saturated carbocycles. The van der Waals surface area contributed by atoms with Crippen LogP contribution in [0.1, 0.15) is 44.9 Å². The number of nitrogens with one attached hydrogen (secondary N) is 1. The Hall–Kier alpha value is -1.30. The van der Waals surface area contributed by atoms with Gasteiger partial charge in [-0.25, -0.2) is 0 Å². The second-order valence-electron chi connectivity index (χ2n) is 5.90. The van der Waals surface area contributed by atoms with Gasteiger partial charge in [-0.15, -0.1) is 0 Å². The van der Waals surface area contributed by atoms with Gasteiger partial charge in [-0.2, -0.15) is 0 Å². The van der Waals surface area contributed by atoms with E-state index in [4.69, 9.17) is 15.7 Å². The van der Waals surface area contributed by atoms with Gasteiger partial charge >= 0.3 is 0 Å². The van der Waals surface area contributed by atoms with Gasteiger partial charge < -0.3 is 21.0 Å². The molecule has 2 rings (SSSR count). The average Bonchev–Trinajstić information content (AvgIpc) is 3.30. The summed E-state index contributed by atoms with van der Waals surface area (Å²) in [6.45, 7) is 1.79. The number of nitrogens with zero attached hydrogens (tertiary/aromatic N) is 1. The second kappa shape index (κ2) is 6.92. The van der Waals surface area contributed by atoms with E-state index in [-0.39, 0.29) is 11.7 Å². The van der Waals surface area contributed by atoms with Crippen molar-refractivity contribution in [2.24, 2.45) is 22.2 Å². The van der Waals surface area contributed by atoms with Gasteiger partial charge in [-0.05, 0) is 31.6 Å². The van der Waals surface area contributed by atoms with E-state index in [0.29, 0.717) is 26.0 Å². The quantitative estimate of drug-likeness (QED) is 0.215. The molecule has 0 atom stereocenters. The van der Waals surface area contributed by atoms with Crippen molar-refractivity contribution in [3.8, 4) is 0 Å². The number of hydrogen-bond acceptors (Lipinski definition) is 4. The Morgan fingerprint density at radius 3 is 2.65 bits per heavy atom. The molecule has 0 bridgehead atoms. The number of carbonyl (C=O) groups is 1. The van der Waals surface area contributed by atoms with Crippen molar-refractivity contribution in [3.63, 3.8) is 0 Å². The molecule has 0 aromatic rings. The number of rotatable bonds is 7. The van der Waals surface area contributed by atoms with Crippen LogP contribution in [-0.2, 0) is 9.53 Å². The highest BCUT2D eigenvalue weighted by atomic mass is 16.5. The van der Waals surface area contributed by atoms with Crippen LogP contribution < -0.4 is 11.1 Å². The third kappa shape index (κ3) is 3.62. The van der Waals surface area contributed by atoms with Crippen LogP contribution in [0.2, 0.25) is 0 Å². The summed E-state index contributed by atoms with van der Waals surface area (Å²) in [7, 11) is 0. The summed E-state index contributed by atoms with van der Waals surface area (Å²) in [5, 5.41) is 14.9. The molecule has 0 unspecified atom stereocenters. The Morgan fingerprint density at radius 2 is 2.05 bits per heavy atom. The van der Waals surface area contributed by atoms with Gasteiger partial charge in [0.1, 0.15) is 5.41 Å². The van der Waals surface area contributed by atoms with Crippen LogP contribution in [0.4, 0.5) is 0 Å². The van der Waals surface area contributed by atoms with Crippen molar-refractivity contribution in [3.05, 3.63) is 0 Å². The fourth-order valence-corrected chi connectivity index (χ4v) is 2.79. The first kappa shape index (κ1) is 15.1. The second-order valence-corrected chi connectivity index (χ2v) is 5.90. The van der Waals surface area contributed by atoms with Crippen molar-refractivity contribution < 1.29 is 14.7 Å². The summed E-state index contributed by atoms with van der Waals surface area (Å²) in [6, 6.07) is 0. The smallest absolute Gasteiger partial charge is 0.234 e. The maximum absolute atomic E-state index is 12.4. The first-order chi connectivity index (χ1) is 9.69. The van der Waals surface area contributed by atoms with Crippen molar-refractivity contribution >= 4 is 11.7 Å². The van der Waals surface area contributed by atoms with E-state index in [1.807, 2.05) is 0 Å². The first-order valence-electron chi connectivity index (χ1n) is 7.53. The Labute approximate surface area is 119 Å². The number of hydrogen-bond donors (Lipinski definition) is 3. The van der Waals surface area contributed by atoms with Crippen LogP contribution >= 0.6 is 0 Å². The molecule has 2 aliphatic rings. The van der Waals surface area contributed by atoms with Gasteiger partial charge in [0.2, 0.25) is 5.91 Å². The molecule has 2 aliphatic carbocycles. The fraction of sp³-hybridized carbons (Fsp3) is 0.857. The zero-order chi connectivity index (χ0) is 14.4. The van der Waals surface area contributed by atoms with E-state index < -0.39 is 5.41 Å². The Balaban J connectivity index is 1.79. The number of carbonyl (C=O) groups excluding carboxylic acids is 1. The molecule has 0 aliphatic heterocycles. The predicted molar refractivity (Wildman–Crippen MR) is 75.5 cm³/mol. The SMILES string of the molecule is NC(=NO)C1(C(=O)NCCOCC2CC2)CCCCC1. The lowest BCUT2D eigenvalue weighted by atomic mass is 9.72. The molecule has 114 valence electrons. The molecule has 0 aromatic heterocycles. The standard InChI is InChI=1S/C14H25N3O3/c15-12(17-19)14(6-2-1-3-7-14)13(18)16-8-9-20-10-11-4-5-11/h11,19H,1-10H2,(H2,15,17)(H,16,18). The van der Waals surface area contributed by atoms with Crippen LogP contribution in [0.25, 0.3) is 0 Å². The molecular formula is C14H25N3O3. The average molecular weight is 283 g/mol. The van der Waals surface area contributed by atoms with Crippen molar-refractivity contribution in [2.75, 3.05) is 19.8 Å². The Morgan fingerprint density at radius 1 is 1.35 bits per heavy atom. The van der Waals surface area contributed by atoms with E-state index in [9.17, 15) is 4.79 Å². The highest BCUT2D eigenvalue weighted by Crippen LogP contribution is 2.36. The van der Waals surface area contributed by atoms with Gasteiger partial charge in [-0.3, -0.25) is 4.79 Å². The monoisotopic (exact) mass is 283 g/mol. The molecule has 0 radical (unpaired) electrons. The minimum atomic E-state index is -0.830. The molecule has 6 nitrogen and oxygen atoms in total. The maximum Gasteiger partial charge on any atom is 0.234 e. The predicted octanol–water partition coefficient (Wildman–Crippen LogP) is 1.23. The van der Waals surface area contributed by atoms with E-state index in [2.05, 4.69) is 10.5 Å². The Kier molecular flexibility index (Phi) is 5.23. The third-order valence-electron chi connectivity index (χ3n) is 4.32. The lowest BCUT2D eigenvalue weighted by Gasteiger charge is -2.34. The molecule has 4 N–H and O–H groups in total. The number of nitrogens with two attached hydrogens (primary N) is 1. The highest BCUT2D eigenvalue weighted by molar-refractivity contribution is 6.06. The topological polar surface area (TPSA) is 96.9 Å². The fourth-order valence-electron chi connectivity index (χ4n) is 2.79. The minimum Gasteiger partial charge on any atom is -0.409 e. The van der Waals surface area contributed by atoms with E-state index in [0.717, 1.165) is 31.8 Å². The molecule has 0 spiro atoms. The van der Waals surface area contributed by atoms with Crippen molar-refractivity contribution in [2.45, 2.75) is 44.9 Å². The summed E-state index contributed by atoms with van der Waals surface area (Å²) >= 11 is 0. The summed E-state index contributed by atoms with van der Waals surface area (Å²) in [4.78, 5) is 12.4. The summed E-state index contributed by atoms with van der Waals surface area (Å²) in [6.07, 6.45) is 6.79. The zero-order valence-electron chi connectivity index (χ0n) is 11.9. The van der Waals surface area contributed by atoms with Gasteiger partial charge in [0.25, 0.3) is 0 Å². The molecular weight excluding hydrogens is 258 g/mol. The van der Waals surface area contributed by atoms with Crippen molar-refractivity contribution in [1.29, 1.82) is 0 Å². The molecule has 20 heavy (non-hydrogen) atoms. The van der Waals surface area contributed by atoms with Crippen LogP contribution in [-0.4, -0.2) is 36.7 Å². The van der Waals surface area contributed by atoms with E-state index in [1.54, 1.807) is 0 Å². The van der Waals surface area contributed by atoms with Crippen LogP contribution in [0.5, 0.6) is 0 Å². The summed E-state index contributed by atoms with van der Waals surface area (Å²) in [5.74, 6) is 0.628. The van der Waals surface area contributed by atoms with Gasteiger partial charge in [0.15, 0.2) is 5.84 Å². The lowest BCUT2D eigenvalue weighted by molar-refractivity contribution is -0.129. The number of amidine groups is 1. The Bertz CT molecular complexity index is 361. The normalized spacial score (nSPS) is 22.5.